The molecule has 0 heterocycles. The van der Waals surface area contributed by atoms with E-state index < -0.39 is 5.97 Å². The van der Waals surface area contributed by atoms with Gasteiger partial charge in [-0.05, 0) is 43.5 Å². The van der Waals surface area contributed by atoms with Gasteiger partial charge in [0.1, 0.15) is 0 Å². The summed E-state index contributed by atoms with van der Waals surface area (Å²) < 4.78 is 0. The van der Waals surface area contributed by atoms with Gasteiger partial charge >= 0.3 is 5.97 Å². The summed E-state index contributed by atoms with van der Waals surface area (Å²) in [6.07, 6.45) is 4.55. The minimum Gasteiger partial charge on any atom is -0.478 e. The molecule has 2 rings (SSSR count). The Morgan fingerprint density at radius 3 is 2.68 bits per heavy atom. The first kappa shape index (κ1) is 13.3. The van der Waals surface area contributed by atoms with Crippen molar-refractivity contribution in [3.63, 3.8) is 0 Å². The van der Waals surface area contributed by atoms with Gasteiger partial charge in [0.05, 0.1) is 5.56 Å². The van der Waals surface area contributed by atoms with Crippen LogP contribution in [0, 0.1) is 5.92 Å². The SMILES string of the molecule is C[C@@H]1CCC/C(=C/Nc2ccc(C(=O)O)cc2)C1=O. The van der Waals surface area contributed by atoms with Gasteiger partial charge in [-0.2, -0.15) is 0 Å². The van der Waals surface area contributed by atoms with Crippen molar-refractivity contribution in [3.05, 3.63) is 41.6 Å². The molecule has 0 aromatic heterocycles. The predicted molar refractivity (Wildman–Crippen MR) is 73.1 cm³/mol. The van der Waals surface area contributed by atoms with Crippen molar-refractivity contribution >= 4 is 17.4 Å². The van der Waals surface area contributed by atoms with Gasteiger partial charge in [0.15, 0.2) is 5.78 Å². The summed E-state index contributed by atoms with van der Waals surface area (Å²) >= 11 is 0. The quantitative estimate of drug-likeness (QED) is 0.819. The van der Waals surface area contributed by atoms with E-state index >= 15 is 0 Å². The largest absolute Gasteiger partial charge is 0.478 e. The van der Waals surface area contributed by atoms with Crippen LogP contribution in [0.1, 0.15) is 36.5 Å². The molecule has 1 aliphatic carbocycles. The number of Topliss-reactive ketones (excluding diaryl/α,β-unsaturated/α-hetero) is 1. The summed E-state index contributed by atoms with van der Waals surface area (Å²) in [6, 6.07) is 6.46. The molecule has 1 saturated carbocycles. The van der Waals surface area contributed by atoms with Crippen molar-refractivity contribution in [3.8, 4) is 0 Å². The molecule has 4 nitrogen and oxygen atoms in total. The van der Waals surface area contributed by atoms with Gasteiger partial charge in [-0.25, -0.2) is 4.79 Å². The Kier molecular flexibility index (Phi) is 4.00. The van der Waals surface area contributed by atoms with Crippen LogP contribution >= 0.6 is 0 Å². The molecule has 19 heavy (non-hydrogen) atoms. The molecule has 4 heteroatoms. The number of allylic oxidation sites excluding steroid dienone is 1. The van der Waals surface area contributed by atoms with E-state index in [9.17, 15) is 9.59 Å². The minimum atomic E-state index is -0.943. The van der Waals surface area contributed by atoms with E-state index in [1.165, 1.54) is 12.1 Å². The van der Waals surface area contributed by atoms with Crippen LogP contribution in [0.25, 0.3) is 0 Å². The van der Waals surface area contributed by atoms with Gasteiger partial charge < -0.3 is 10.4 Å². The lowest BCUT2D eigenvalue weighted by atomic mass is 9.86. The summed E-state index contributed by atoms with van der Waals surface area (Å²) in [5.41, 5.74) is 1.85. The number of ketones is 1. The van der Waals surface area contributed by atoms with Crippen molar-refractivity contribution in [2.75, 3.05) is 5.32 Å². The van der Waals surface area contributed by atoms with Crippen LogP contribution in [0.4, 0.5) is 5.69 Å². The molecule has 0 unspecified atom stereocenters. The summed E-state index contributed by atoms with van der Waals surface area (Å²) in [4.78, 5) is 22.6. The molecule has 1 atom stereocenters. The predicted octanol–water partition coefficient (Wildman–Crippen LogP) is 3.07. The normalized spacial score (nSPS) is 21.4. The number of anilines is 1. The summed E-state index contributed by atoms with van der Waals surface area (Å²) in [5.74, 6) is -0.627. The fraction of sp³-hybridized carbons (Fsp3) is 0.333. The Bertz CT molecular complexity index is 517. The van der Waals surface area contributed by atoms with E-state index in [0.29, 0.717) is 0 Å². The van der Waals surface area contributed by atoms with Gasteiger partial charge in [-0.15, -0.1) is 0 Å². The Labute approximate surface area is 112 Å². The highest BCUT2D eigenvalue weighted by molar-refractivity contribution is 5.97. The van der Waals surface area contributed by atoms with Crippen LogP contribution in [0.5, 0.6) is 0 Å². The zero-order valence-corrected chi connectivity index (χ0v) is 10.8. The fourth-order valence-electron chi connectivity index (χ4n) is 2.19. The van der Waals surface area contributed by atoms with Crippen molar-refractivity contribution in [1.82, 2.24) is 0 Å². The van der Waals surface area contributed by atoms with Crippen molar-refractivity contribution < 1.29 is 14.7 Å². The molecule has 1 aromatic rings. The summed E-state index contributed by atoms with van der Waals surface area (Å²) in [5, 5.41) is 11.9. The van der Waals surface area contributed by atoms with Crippen LogP contribution in [0.2, 0.25) is 0 Å². The second kappa shape index (κ2) is 5.69. The molecule has 0 spiro atoms. The molecule has 100 valence electrons. The summed E-state index contributed by atoms with van der Waals surface area (Å²) in [7, 11) is 0. The van der Waals surface area contributed by atoms with E-state index in [2.05, 4.69) is 5.32 Å². The highest BCUT2D eigenvalue weighted by atomic mass is 16.4. The molecule has 0 radical (unpaired) electrons. The maximum Gasteiger partial charge on any atom is 0.335 e. The van der Waals surface area contributed by atoms with Crippen molar-refractivity contribution in [2.45, 2.75) is 26.2 Å². The Morgan fingerprint density at radius 2 is 2.05 bits per heavy atom. The summed E-state index contributed by atoms with van der Waals surface area (Å²) in [6.45, 7) is 1.96. The smallest absolute Gasteiger partial charge is 0.335 e. The zero-order chi connectivity index (χ0) is 13.8. The fourth-order valence-corrected chi connectivity index (χ4v) is 2.19. The third-order valence-corrected chi connectivity index (χ3v) is 3.39. The number of carbonyl (C=O) groups excluding carboxylic acids is 1. The minimum absolute atomic E-state index is 0.108. The molecule has 0 bridgehead atoms. The third kappa shape index (κ3) is 3.22. The number of carboxylic acids is 1. The van der Waals surface area contributed by atoms with Gasteiger partial charge in [-0.3, -0.25) is 4.79 Å². The number of nitrogens with one attached hydrogen (secondary N) is 1. The number of carboxylic acid groups (broad SMARTS) is 1. The second-order valence-corrected chi connectivity index (χ2v) is 4.85. The van der Waals surface area contributed by atoms with Crippen LogP contribution in [0.15, 0.2) is 36.0 Å². The van der Waals surface area contributed by atoms with Crippen molar-refractivity contribution in [1.29, 1.82) is 0 Å². The average Bonchev–Trinajstić information content (AvgIpc) is 2.41. The lowest BCUT2D eigenvalue weighted by Gasteiger charge is -2.19. The Hall–Kier alpha value is -2.10. The molecule has 1 aromatic carbocycles. The molecule has 0 amide bonds. The monoisotopic (exact) mass is 259 g/mol. The first-order valence-electron chi connectivity index (χ1n) is 6.41. The number of benzene rings is 1. The number of carbonyl (C=O) groups is 2. The van der Waals surface area contributed by atoms with E-state index in [0.717, 1.165) is 30.5 Å². The van der Waals surface area contributed by atoms with Crippen molar-refractivity contribution in [2.24, 2.45) is 5.92 Å². The molecule has 1 aliphatic rings. The zero-order valence-electron chi connectivity index (χ0n) is 10.8. The molecule has 2 N–H and O–H groups in total. The standard InChI is InChI=1S/C15H17NO3/c1-10-3-2-4-12(14(10)17)9-16-13-7-5-11(6-8-13)15(18)19/h5-10,16H,2-4H2,1H3,(H,18,19)/b12-9-/t10-/m1/s1. The van der Waals surface area contributed by atoms with Crippen LogP contribution in [-0.2, 0) is 4.79 Å². The maximum atomic E-state index is 11.9. The molecular formula is C15H17NO3. The molecule has 1 fully saturated rings. The van der Waals surface area contributed by atoms with Gasteiger partial charge in [0.25, 0.3) is 0 Å². The Morgan fingerprint density at radius 1 is 1.37 bits per heavy atom. The van der Waals surface area contributed by atoms with E-state index in [-0.39, 0.29) is 17.3 Å². The molecular weight excluding hydrogens is 242 g/mol. The number of rotatable bonds is 3. The van der Waals surface area contributed by atoms with Crippen LogP contribution < -0.4 is 5.32 Å². The number of hydrogen-bond donors (Lipinski definition) is 2. The highest BCUT2D eigenvalue weighted by Gasteiger charge is 2.22. The lowest BCUT2D eigenvalue weighted by Crippen LogP contribution is -2.19. The maximum absolute atomic E-state index is 11.9. The molecule has 0 aliphatic heterocycles. The number of aromatic carboxylic acids is 1. The van der Waals surface area contributed by atoms with Crippen LogP contribution in [-0.4, -0.2) is 16.9 Å². The highest BCUT2D eigenvalue weighted by Crippen LogP contribution is 2.24. The van der Waals surface area contributed by atoms with E-state index in [1.54, 1.807) is 18.3 Å². The first-order valence-corrected chi connectivity index (χ1v) is 6.41. The third-order valence-electron chi connectivity index (χ3n) is 3.39. The van der Waals surface area contributed by atoms with E-state index in [1.807, 2.05) is 6.92 Å². The Balaban J connectivity index is 2.05. The van der Waals surface area contributed by atoms with Gasteiger partial charge in [-0.1, -0.05) is 6.92 Å². The topological polar surface area (TPSA) is 66.4 Å². The first-order chi connectivity index (χ1) is 9.08. The average molecular weight is 259 g/mol. The van der Waals surface area contributed by atoms with Gasteiger partial charge in [0.2, 0.25) is 0 Å². The number of hydrogen-bond acceptors (Lipinski definition) is 3. The van der Waals surface area contributed by atoms with Crippen LogP contribution in [0.3, 0.4) is 0 Å². The molecule has 0 saturated heterocycles. The lowest BCUT2D eigenvalue weighted by molar-refractivity contribution is -0.119. The van der Waals surface area contributed by atoms with E-state index in [4.69, 9.17) is 5.11 Å². The second-order valence-electron chi connectivity index (χ2n) is 4.85. The van der Waals surface area contributed by atoms with Gasteiger partial charge in [0, 0.05) is 23.4 Å².